The van der Waals surface area contributed by atoms with Crippen LogP contribution >= 0.6 is 0 Å². The van der Waals surface area contributed by atoms with Gasteiger partial charge in [0.1, 0.15) is 0 Å². The van der Waals surface area contributed by atoms with Crippen LogP contribution in [0.3, 0.4) is 0 Å². The van der Waals surface area contributed by atoms with Gasteiger partial charge in [0.25, 0.3) is 5.91 Å². The molecule has 4 amide bonds. The molecule has 0 aliphatic carbocycles. The highest BCUT2D eigenvalue weighted by Gasteiger charge is 2.27. The lowest BCUT2D eigenvalue weighted by atomic mass is 10.1. The van der Waals surface area contributed by atoms with Gasteiger partial charge in [-0.05, 0) is 37.8 Å². The molecule has 0 radical (unpaired) electrons. The fraction of sp³-hybridized carbons (Fsp3) is 0.550. The van der Waals surface area contributed by atoms with Gasteiger partial charge in [-0.3, -0.25) is 9.59 Å². The minimum Gasteiger partial charge on any atom is -0.343 e. The molecular weight excluding hydrogens is 344 g/mol. The third kappa shape index (κ3) is 4.78. The Morgan fingerprint density at radius 2 is 1.44 bits per heavy atom. The number of aryl methyl sites for hydroxylation is 1. The summed E-state index contributed by atoms with van der Waals surface area (Å²) in [6, 6.07) is 7.40. The lowest BCUT2D eigenvalue weighted by Gasteiger charge is -2.38. The summed E-state index contributed by atoms with van der Waals surface area (Å²) in [6.45, 7) is 5.64. The fourth-order valence-electron chi connectivity index (χ4n) is 3.62. The number of piperidine rings is 1. The number of rotatable bonds is 3. The Bertz CT molecular complexity index is 692. The lowest BCUT2D eigenvalue weighted by molar-refractivity contribution is -0.131. The van der Waals surface area contributed by atoms with Crippen LogP contribution in [0.25, 0.3) is 0 Å². The molecule has 2 saturated heterocycles. The predicted octanol–water partition coefficient (Wildman–Crippen LogP) is 1.47. The predicted molar refractivity (Wildman–Crippen MR) is 102 cm³/mol. The van der Waals surface area contributed by atoms with Crippen LogP contribution in [-0.2, 0) is 4.79 Å². The van der Waals surface area contributed by atoms with Crippen molar-refractivity contribution in [2.45, 2.75) is 26.2 Å². The van der Waals surface area contributed by atoms with Gasteiger partial charge in [-0.25, -0.2) is 4.79 Å². The van der Waals surface area contributed by atoms with E-state index in [-0.39, 0.29) is 24.4 Å². The van der Waals surface area contributed by atoms with Crippen LogP contribution in [0.2, 0.25) is 0 Å². The Morgan fingerprint density at radius 3 is 2.11 bits per heavy atom. The van der Waals surface area contributed by atoms with Crippen molar-refractivity contribution in [3.8, 4) is 0 Å². The van der Waals surface area contributed by atoms with Crippen LogP contribution in [0, 0.1) is 6.92 Å². The maximum atomic E-state index is 12.5. The minimum atomic E-state index is -0.236. The molecule has 0 aromatic heterocycles. The quantitative estimate of drug-likeness (QED) is 0.873. The number of benzene rings is 1. The number of carbonyl (C=O) groups is 3. The van der Waals surface area contributed by atoms with E-state index >= 15 is 0 Å². The number of nitrogens with one attached hydrogen (secondary N) is 1. The van der Waals surface area contributed by atoms with Gasteiger partial charge in [0.05, 0.1) is 6.54 Å². The maximum absolute atomic E-state index is 12.5. The molecule has 0 spiro atoms. The Balaban J connectivity index is 1.44. The normalized spacial score (nSPS) is 17.6. The average molecular weight is 372 g/mol. The van der Waals surface area contributed by atoms with Crippen LogP contribution in [0.4, 0.5) is 4.79 Å². The van der Waals surface area contributed by atoms with E-state index in [1.54, 1.807) is 11.0 Å². The summed E-state index contributed by atoms with van der Waals surface area (Å²) in [5.74, 6) is -0.345. The number of piperazine rings is 1. The van der Waals surface area contributed by atoms with Crippen molar-refractivity contribution in [1.82, 2.24) is 20.0 Å². The second kappa shape index (κ2) is 8.88. The standard InChI is InChI=1S/C20H28N4O3/c1-16-7-3-4-8-17(16)19(26)21-15-18(25)22-11-13-24(14-12-22)20(27)23-9-5-2-6-10-23/h3-4,7-8H,2,5-6,9-15H2,1H3,(H,21,26). The van der Waals surface area contributed by atoms with E-state index in [1.807, 2.05) is 34.9 Å². The van der Waals surface area contributed by atoms with Gasteiger partial charge in [0.2, 0.25) is 5.91 Å². The van der Waals surface area contributed by atoms with Gasteiger partial charge in [0, 0.05) is 44.8 Å². The van der Waals surface area contributed by atoms with Crippen molar-refractivity contribution in [2.75, 3.05) is 45.8 Å². The smallest absolute Gasteiger partial charge is 0.320 e. The molecule has 2 aliphatic heterocycles. The summed E-state index contributed by atoms with van der Waals surface area (Å²) in [7, 11) is 0. The Kier molecular flexibility index (Phi) is 6.32. The molecule has 1 aromatic carbocycles. The second-order valence-electron chi connectivity index (χ2n) is 7.20. The fourth-order valence-corrected chi connectivity index (χ4v) is 3.62. The number of carbonyl (C=O) groups excluding carboxylic acids is 3. The van der Waals surface area contributed by atoms with Crippen LogP contribution in [0.1, 0.15) is 35.2 Å². The molecule has 7 heteroatoms. The lowest BCUT2D eigenvalue weighted by Crippen LogP contribution is -2.55. The molecule has 2 fully saturated rings. The SMILES string of the molecule is Cc1ccccc1C(=O)NCC(=O)N1CCN(C(=O)N2CCCCC2)CC1. The van der Waals surface area contributed by atoms with Gasteiger partial charge in [-0.15, -0.1) is 0 Å². The molecule has 0 saturated carbocycles. The molecule has 0 atom stereocenters. The zero-order chi connectivity index (χ0) is 19.2. The van der Waals surface area contributed by atoms with E-state index < -0.39 is 0 Å². The maximum Gasteiger partial charge on any atom is 0.320 e. The van der Waals surface area contributed by atoms with Gasteiger partial charge in [0.15, 0.2) is 0 Å². The van der Waals surface area contributed by atoms with Crippen LogP contribution < -0.4 is 5.32 Å². The zero-order valence-corrected chi connectivity index (χ0v) is 15.9. The molecule has 1 aromatic rings. The highest BCUT2D eigenvalue weighted by Crippen LogP contribution is 2.13. The van der Waals surface area contributed by atoms with Crippen LogP contribution in [0.15, 0.2) is 24.3 Å². The van der Waals surface area contributed by atoms with Gasteiger partial charge >= 0.3 is 6.03 Å². The molecule has 1 N–H and O–H groups in total. The molecular formula is C20H28N4O3. The molecule has 146 valence electrons. The van der Waals surface area contributed by atoms with E-state index in [1.165, 1.54) is 6.42 Å². The van der Waals surface area contributed by atoms with Crippen molar-refractivity contribution in [2.24, 2.45) is 0 Å². The van der Waals surface area contributed by atoms with Crippen molar-refractivity contribution in [3.63, 3.8) is 0 Å². The Morgan fingerprint density at radius 1 is 0.852 bits per heavy atom. The summed E-state index contributed by atoms with van der Waals surface area (Å²) >= 11 is 0. The zero-order valence-electron chi connectivity index (χ0n) is 15.9. The summed E-state index contributed by atoms with van der Waals surface area (Å²) in [6.07, 6.45) is 3.34. The monoisotopic (exact) mass is 372 g/mol. The molecule has 7 nitrogen and oxygen atoms in total. The highest BCUT2D eigenvalue weighted by atomic mass is 16.2. The van der Waals surface area contributed by atoms with Crippen LogP contribution in [0.5, 0.6) is 0 Å². The molecule has 0 unspecified atom stereocenters. The topological polar surface area (TPSA) is 73.0 Å². The molecule has 27 heavy (non-hydrogen) atoms. The highest BCUT2D eigenvalue weighted by molar-refractivity contribution is 5.97. The van der Waals surface area contributed by atoms with Crippen LogP contribution in [-0.4, -0.2) is 78.4 Å². The third-order valence-corrected chi connectivity index (χ3v) is 5.32. The summed E-state index contributed by atoms with van der Waals surface area (Å²) in [4.78, 5) is 42.6. The van der Waals surface area contributed by atoms with Gasteiger partial charge in [-0.1, -0.05) is 18.2 Å². The first-order valence-electron chi connectivity index (χ1n) is 9.72. The summed E-state index contributed by atoms with van der Waals surface area (Å²) in [5, 5.41) is 2.70. The number of urea groups is 1. The first-order chi connectivity index (χ1) is 13.1. The van der Waals surface area contributed by atoms with Crippen molar-refractivity contribution in [3.05, 3.63) is 35.4 Å². The number of hydrogen-bond acceptors (Lipinski definition) is 3. The number of hydrogen-bond donors (Lipinski definition) is 1. The van der Waals surface area contributed by atoms with Gasteiger partial charge < -0.3 is 20.0 Å². The largest absolute Gasteiger partial charge is 0.343 e. The number of amides is 4. The first-order valence-corrected chi connectivity index (χ1v) is 9.72. The average Bonchev–Trinajstić information content (AvgIpc) is 2.72. The third-order valence-electron chi connectivity index (χ3n) is 5.32. The second-order valence-corrected chi connectivity index (χ2v) is 7.20. The van der Waals surface area contributed by atoms with Crippen molar-refractivity contribution >= 4 is 17.8 Å². The van der Waals surface area contributed by atoms with Gasteiger partial charge in [-0.2, -0.15) is 0 Å². The van der Waals surface area contributed by atoms with Crippen molar-refractivity contribution < 1.29 is 14.4 Å². The summed E-state index contributed by atoms with van der Waals surface area (Å²) < 4.78 is 0. The molecule has 0 bridgehead atoms. The van der Waals surface area contributed by atoms with E-state index in [4.69, 9.17) is 0 Å². The minimum absolute atomic E-state index is 0.0206. The van der Waals surface area contributed by atoms with E-state index in [2.05, 4.69) is 5.32 Å². The molecule has 2 heterocycles. The van der Waals surface area contributed by atoms with Crippen molar-refractivity contribution in [1.29, 1.82) is 0 Å². The van der Waals surface area contributed by atoms with E-state index in [9.17, 15) is 14.4 Å². The summed E-state index contributed by atoms with van der Waals surface area (Å²) in [5.41, 5.74) is 1.47. The number of likely N-dealkylation sites (tertiary alicyclic amines) is 1. The molecule has 3 rings (SSSR count). The van der Waals surface area contributed by atoms with E-state index in [0.717, 1.165) is 31.5 Å². The molecule has 2 aliphatic rings. The number of nitrogens with zero attached hydrogens (tertiary/aromatic N) is 3. The first kappa shape index (κ1) is 19.2. The Labute approximate surface area is 160 Å². The Hall–Kier alpha value is -2.57. The van der Waals surface area contributed by atoms with E-state index in [0.29, 0.717) is 31.7 Å².